The van der Waals surface area contributed by atoms with Gasteiger partial charge in [-0.3, -0.25) is 4.79 Å². The maximum absolute atomic E-state index is 14.1. The van der Waals surface area contributed by atoms with Crippen LogP contribution in [0.1, 0.15) is 57.4 Å². The zero-order valence-electron chi connectivity index (χ0n) is 18.4. The van der Waals surface area contributed by atoms with Crippen LogP contribution < -0.4 is 0 Å². The molecule has 1 aromatic rings. The van der Waals surface area contributed by atoms with Gasteiger partial charge in [0.05, 0.1) is 0 Å². The van der Waals surface area contributed by atoms with E-state index in [9.17, 15) is 26.4 Å². The van der Waals surface area contributed by atoms with Crippen molar-refractivity contribution in [1.82, 2.24) is 9.21 Å². The Balaban J connectivity index is 1.39. The van der Waals surface area contributed by atoms with E-state index in [-0.39, 0.29) is 35.4 Å². The van der Waals surface area contributed by atoms with Crippen LogP contribution in [0.15, 0.2) is 12.1 Å². The summed E-state index contributed by atoms with van der Waals surface area (Å²) in [6.07, 6.45) is 6.10. The molecule has 0 spiro atoms. The number of rotatable bonds is 6. The molecule has 3 aliphatic heterocycles. The number of sulfonamides is 1. The Kier molecular flexibility index (Phi) is 6.86. The van der Waals surface area contributed by atoms with Crippen molar-refractivity contribution in [3.8, 4) is 0 Å². The van der Waals surface area contributed by atoms with Gasteiger partial charge in [0, 0.05) is 31.2 Å². The second-order valence-electron chi connectivity index (χ2n) is 9.67. The Labute approximate surface area is 188 Å². The van der Waals surface area contributed by atoms with Crippen LogP contribution in [-0.4, -0.2) is 54.5 Å². The molecule has 4 atom stereocenters. The van der Waals surface area contributed by atoms with Crippen LogP contribution in [0.2, 0.25) is 0 Å². The number of amides is 1. The van der Waals surface area contributed by atoms with Gasteiger partial charge in [-0.15, -0.1) is 0 Å². The zero-order chi connectivity index (χ0) is 23.0. The van der Waals surface area contributed by atoms with E-state index in [1.54, 1.807) is 4.90 Å². The van der Waals surface area contributed by atoms with Crippen molar-refractivity contribution in [1.29, 1.82) is 0 Å². The number of carbonyl (C=O) groups is 1. The first-order chi connectivity index (χ1) is 15.2. The minimum atomic E-state index is -3.60. The molecule has 1 aromatic carbocycles. The fourth-order valence-corrected chi connectivity index (χ4v) is 7.25. The van der Waals surface area contributed by atoms with E-state index < -0.39 is 33.2 Å². The maximum atomic E-state index is 14.1. The summed E-state index contributed by atoms with van der Waals surface area (Å²) in [6, 6.07) is 1.49. The molecule has 2 bridgehead atoms. The summed E-state index contributed by atoms with van der Waals surface area (Å²) in [5, 5.41) is 0. The molecular weight excluding hydrogens is 441 g/mol. The molecular formula is C23H31F3N2O3S. The average Bonchev–Trinajstić information content (AvgIpc) is 3.02. The molecule has 0 unspecified atom stereocenters. The summed E-state index contributed by atoms with van der Waals surface area (Å²) in [5.74, 6) is -3.53. The van der Waals surface area contributed by atoms with Crippen molar-refractivity contribution in [2.45, 2.75) is 70.4 Å². The average molecular weight is 473 g/mol. The lowest BCUT2D eigenvalue weighted by Gasteiger charge is -2.41. The number of benzene rings is 1. The number of carbonyl (C=O) groups excluding carboxylic acids is 1. The second-order valence-corrected chi connectivity index (χ2v) is 11.6. The van der Waals surface area contributed by atoms with Crippen LogP contribution in [0.5, 0.6) is 0 Å². The molecule has 9 heteroatoms. The molecule has 1 amide bonds. The predicted molar refractivity (Wildman–Crippen MR) is 115 cm³/mol. The molecule has 3 fully saturated rings. The predicted octanol–water partition coefficient (Wildman–Crippen LogP) is 3.87. The van der Waals surface area contributed by atoms with Crippen molar-refractivity contribution in [2.75, 3.05) is 18.8 Å². The van der Waals surface area contributed by atoms with Gasteiger partial charge in [0.25, 0.3) is 0 Å². The molecule has 3 heterocycles. The van der Waals surface area contributed by atoms with Crippen LogP contribution in [0.3, 0.4) is 0 Å². The Morgan fingerprint density at radius 3 is 2.22 bits per heavy atom. The standard InChI is InChI=1S/C23H31F3N2O3S/c1-15(9-17-12-21(25)22(26)13-20(17)24)16-10-18-5-6-19(11-16)28(18)23(29)14-32(30,31)27-7-3-2-4-8-27/h12-13,15-16,18-19H,2-11,14H2,1H3/t15-,16-,18-,19+/m1/s1. The van der Waals surface area contributed by atoms with E-state index in [1.807, 2.05) is 6.92 Å². The van der Waals surface area contributed by atoms with E-state index in [0.717, 1.165) is 51.0 Å². The molecule has 0 aromatic heterocycles. The van der Waals surface area contributed by atoms with Gasteiger partial charge in [-0.05, 0) is 68.4 Å². The molecule has 0 aliphatic carbocycles. The number of halogens is 3. The lowest BCUT2D eigenvalue weighted by atomic mass is 9.79. The first-order valence-electron chi connectivity index (χ1n) is 11.6. The molecule has 4 rings (SSSR count). The van der Waals surface area contributed by atoms with Gasteiger partial charge < -0.3 is 4.90 Å². The lowest BCUT2D eigenvalue weighted by Crippen LogP contribution is -2.51. The van der Waals surface area contributed by atoms with Gasteiger partial charge >= 0.3 is 0 Å². The van der Waals surface area contributed by atoms with Gasteiger partial charge in [0.15, 0.2) is 11.6 Å². The zero-order valence-corrected chi connectivity index (χ0v) is 19.2. The summed E-state index contributed by atoms with van der Waals surface area (Å²) in [5.41, 5.74) is 0.162. The molecule has 3 aliphatic rings. The fraction of sp³-hybridized carbons (Fsp3) is 0.696. The highest BCUT2D eigenvalue weighted by Gasteiger charge is 2.45. The fourth-order valence-electron chi connectivity index (χ4n) is 5.79. The van der Waals surface area contributed by atoms with Crippen LogP contribution in [0.4, 0.5) is 13.2 Å². The van der Waals surface area contributed by atoms with Crippen LogP contribution in [0.25, 0.3) is 0 Å². The summed E-state index contributed by atoms with van der Waals surface area (Å²) >= 11 is 0. The van der Waals surface area contributed by atoms with Gasteiger partial charge in [-0.25, -0.2) is 25.9 Å². The normalized spacial score (nSPS) is 27.5. The third kappa shape index (κ3) is 4.83. The van der Waals surface area contributed by atoms with Crippen molar-refractivity contribution in [3.05, 3.63) is 35.1 Å². The van der Waals surface area contributed by atoms with Gasteiger partial charge in [0.1, 0.15) is 11.6 Å². The Bertz CT molecular complexity index is 951. The minimum absolute atomic E-state index is 0.0138. The van der Waals surface area contributed by atoms with Gasteiger partial charge in [-0.2, -0.15) is 0 Å². The Hall–Kier alpha value is -1.61. The van der Waals surface area contributed by atoms with Crippen molar-refractivity contribution in [2.24, 2.45) is 11.8 Å². The molecule has 0 saturated carbocycles. The van der Waals surface area contributed by atoms with E-state index in [1.165, 1.54) is 4.31 Å². The minimum Gasteiger partial charge on any atom is -0.336 e. The topological polar surface area (TPSA) is 57.7 Å². The Morgan fingerprint density at radius 2 is 1.59 bits per heavy atom. The summed E-state index contributed by atoms with van der Waals surface area (Å²) in [6.45, 7) is 2.95. The number of piperidine rings is 2. The second kappa shape index (κ2) is 9.33. The molecule has 0 N–H and O–H groups in total. The molecule has 3 saturated heterocycles. The highest BCUT2D eigenvalue weighted by Crippen LogP contribution is 2.42. The molecule has 0 radical (unpaired) electrons. The SMILES string of the molecule is C[C@H](Cc1cc(F)c(F)cc1F)[C@@H]1C[C@H]2CC[C@@H](C1)N2C(=O)CS(=O)(=O)N1CCCCC1. The molecule has 32 heavy (non-hydrogen) atoms. The van der Waals surface area contributed by atoms with Crippen LogP contribution in [-0.2, 0) is 21.2 Å². The van der Waals surface area contributed by atoms with Gasteiger partial charge in [0.2, 0.25) is 15.9 Å². The van der Waals surface area contributed by atoms with Gasteiger partial charge in [-0.1, -0.05) is 13.3 Å². The highest BCUT2D eigenvalue weighted by molar-refractivity contribution is 7.89. The Morgan fingerprint density at radius 1 is 1.00 bits per heavy atom. The quantitative estimate of drug-likeness (QED) is 0.591. The monoisotopic (exact) mass is 472 g/mol. The number of fused-ring (bicyclic) bond motifs is 2. The van der Waals surface area contributed by atoms with E-state index in [2.05, 4.69) is 0 Å². The van der Waals surface area contributed by atoms with Crippen molar-refractivity contribution < 1.29 is 26.4 Å². The first-order valence-corrected chi connectivity index (χ1v) is 13.2. The third-order valence-corrected chi connectivity index (χ3v) is 9.27. The van der Waals surface area contributed by atoms with E-state index in [0.29, 0.717) is 25.6 Å². The summed E-state index contributed by atoms with van der Waals surface area (Å²) < 4.78 is 67.7. The maximum Gasteiger partial charge on any atom is 0.239 e. The van der Waals surface area contributed by atoms with E-state index >= 15 is 0 Å². The molecule has 178 valence electrons. The number of nitrogens with zero attached hydrogens (tertiary/aromatic N) is 2. The van der Waals surface area contributed by atoms with E-state index in [4.69, 9.17) is 0 Å². The smallest absolute Gasteiger partial charge is 0.239 e. The number of hydrogen-bond acceptors (Lipinski definition) is 3. The largest absolute Gasteiger partial charge is 0.336 e. The van der Waals surface area contributed by atoms with Crippen molar-refractivity contribution >= 4 is 15.9 Å². The molecule has 5 nitrogen and oxygen atoms in total. The first kappa shape index (κ1) is 23.5. The van der Waals surface area contributed by atoms with Crippen LogP contribution in [0, 0.1) is 29.3 Å². The third-order valence-electron chi connectivity index (χ3n) is 7.51. The lowest BCUT2D eigenvalue weighted by molar-refractivity contribution is -0.134. The highest BCUT2D eigenvalue weighted by atomic mass is 32.2. The van der Waals surface area contributed by atoms with Crippen LogP contribution >= 0.6 is 0 Å². The van der Waals surface area contributed by atoms with Crippen molar-refractivity contribution in [3.63, 3.8) is 0 Å². The summed E-state index contributed by atoms with van der Waals surface area (Å²) in [4.78, 5) is 14.8. The number of hydrogen-bond donors (Lipinski definition) is 0. The summed E-state index contributed by atoms with van der Waals surface area (Å²) in [7, 11) is -3.60.